The van der Waals surface area contributed by atoms with Crippen molar-refractivity contribution in [2.75, 3.05) is 0 Å². The van der Waals surface area contributed by atoms with E-state index in [9.17, 15) is 4.79 Å². The summed E-state index contributed by atoms with van der Waals surface area (Å²) < 4.78 is 22.9. The Hall–Kier alpha value is -0.433. The minimum absolute atomic E-state index is 0.160. The van der Waals surface area contributed by atoms with Gasteiger partial charge in [0.25, 0.3) is 0 Å². The van der Waals surface area contributed by atoms with Gasteiger partial charge < -0.3 is 17.7 Å². The Morgan fingerprint density at radius 1 is 0.800 bits per heavy atom. The van der Waals surface area contributed by atoms with Gasteiger partial charge in [-0.05, 0) is 62.3 Å². The van der Waals surface area contributed by atoms with Gasteiger partial charge in [0.15, 0.2) is 0 Å². The van der Waals surface area contributed by atoms with Crippen LogP contribution >= 0.6 is 0 Å². The molecule has 0 rings (SSSR count). The molecule has 0 heterocycles. The van der Waals surface area contributed by atoms with Crippen LogP contribution in [-0.4, -0.2) is 33.3 Å². The molecule has 5 nitrogen and oxygen atoms in total. The van der Waals surface area contributed by atoms with E-state index >= 15 is 0 Å². The molecule has 0 aromatic carbocycles. The molecule has 0 spiro atoms. The lowest BCUT2D eigenvalue weighted by molar-refractivity contribution is -0.157. The summed E-state index contributed by atoms with van der Waals surface area (Å²) >= 11 is 0. The van der Waals surface area contributed by atoms with Crippen LogP contribution in [0.4, 0.5) is 0 Å². The molecular weight excluding hydrogens is 276 g/mol. The SMILES string of the molecule is CC(C)O[Si](OC(=O)C(C)(C)C)(OC(C)C)OC(C)C. The summed E-state index contributed by atoms with van der Waals surface area (Å²) in [5, 5.41) is 0. The Bertz CT molecular complexity index is 281. The highest BCUT2D eigenvalue weighted by Gasteiger charge is 2.53. The van der Waals surface area contributed by atoms with Gasteiger partial charge in [0.2, 0.25) is 0 Å². The second kappa shape index (κ2) is 7.54. The predicted octanol–water partition coefficient (Wildman–Crippen LogP) is 3.29. The van der Waals surface area contributed by atoms with Crippen molar-refractivity contribution in [3.8, 4) is 0 Å². The van der Waals surface area contributed by atoms with Crippen LogP contribution in [0.25, 0.3) is 0 Å². The number of carbonyl (C=O) groups excluding carboxylic acids is 1. The molecule has 0 aromatic heterocycles. The third kappa shape index (κ3) is 7.38. The second-order valence-corrected chi connectivity index (χ2v) is 8.55. The molecule has 0 fully saturated rings. The van der Waals surface area contributed by atoms with Crippen molar-refractivity contribution in [3.05, 3.63) is 0 Å². The lowest BCUT2D eigenvalue weighted by Crippen LogP contribution is -2.55. The largest absolute Gasteiger partial charge is 0.752 e. The zero-order chi connectivity index (χ0) is 16.1. The third-order valence-corrected chi connectivity index (χ3v) is 4.69. The Balaban J connectivity index is 5.30. The molecule has 0 aliphatic rings. The zero-order valence-electron chi connectivity index (χ0n) is 14.3. The molecule has 120 valence electrons. The molecule has 6 heteroatoms. The van der Waals surface area contributed by atoms with Gasteiger partial charge in [-0.3, -0.25) is 4.79 Å². The first-order valence-corrected chi connectivity index (χ1v) is 8.78. The van der Waals surface area contributed by atoms with Crippen LogP contribution in [0, 0.1) is 5.41 Å². The standard InChI is InChI=1S/C14H30O5Si/c1-10(2)16-20(17-11(3)4,18-12(5)6)19-13(15)14(7,8)9/h10-12H,1-9H3. The van der Waals surface area contributed by atoms with E-state index in [-0.39, 0.29) is 24.3 Å². The summed E-state index contributed by atoms with van der Waals surface area (Å²) in [6, 6.07) is 0. The fourth-order valence-electron chi connectivity index (χ4n) is 1.29. The Morgan fingerprint density at radius 2 is 1.10 bits per heavy atom. The molecule has 0 aliphatic carbocycles. The van der Waals surface area contributed by atoms with Crippen molar-refractivity contribution >= 4 is 15.0 Å². The van der Waals surface area contributed by atoms with Crippen molar-refractivity contribution in [2.24, 2.45) is 5.41 Å². The molecule has 0 aromatic rings. The normalized spacial score (nSPS) is 13.4. The van der Waals surface area contributed by atoms with Crippen LogP contribution in [0.5, 0.6) is 0 Å². The van der Waals surface area contributed by atoms with Gasteiger partial charge in [-0.1, -0.05) is 0 Å². The van der Waals surface area contributed by atoms with Crippen molar-refractivity contribution < 1.29 is 22.5 Å². The van der Waals surface area contributed by atoms with E-state index < -0.39 is 14.5 Å². The van der Waals surface area contributed by atoms with Crippen LogP contribution in [0.1, 0.15) is 62.3 Å². The number of carbonyl (C=O) groups is 1. The average molecular weight is 306 g/mol. The van der Waals surface area contributed by atoms with Gasteiger partial charge in [0.1, 0.15) is 0 Å². The molecule has 0 unspecified atom stereocenters. The lowest BCUT2D eigenvalue weighted by atomic mass is 9.98. The summed E-state index contributed by atoms with van der Waals surface area (Å²) in [4.78, 5) is 12.2. The third-order valence-electron chi connectivity index (χ3n) is 1.97. The monoisotopic (exact) mass is 306 g/mol. The maximum atomic E-state index is 12.2. The fraction of sp³-hybridized carbons (Fsp3) is 0.929. The number of hydrogen-bond donors (Lipinski definition) is 0. The molecule has 0 saturated heterocycles. The number of hydrogen-bond acceptors (Lipinski definition) is 5. The summed E-state index contributed by atoms with van der Waals surface area (Å²) in [6.45, 7) is 16.5. The van der Waals surface area contributed by atoms with Crippen LogP contribution < -0.4 is 0 Å². The van der Waals surface area contributed by atoms with Crippen LogP contribution in [0.2, 0.25) is 0 Å². The molecule has 0 N–H and O–H groups in total. The molecule has 0 saturated carbocycles. The van der Waals surface area contributed by atoms with Gasteiger partial charge in [0.05, 0.1) is 5.41 Å². The number of rotatable bonds is 7. The van der Waals surface area contributed by atoms with Crippen molar-refractivity contribution in [1.29, 1.82) is 0 Å². The quantitative estimate of drug-likeness (QED) is 0.676. The molecule has 0 bridgehead atoms. The maximum absolute atomic E-state index is 12.2. The van der Waals surface area contributed by atoms with Crippen molar-refractivity contribution in [1.82, 2.24) is 0 Å². The molecule has 20 heavy (non-hydrogen) atoms. The Morgan fingerprint density at radius 3 is 1.30 bits per heavy atom. The first-order valence-electron chi connectivity index (χ1n) is 7.15. The molecule has 0 atom stereocenters. The first-order chi connectivity index (χ1) is 8.88. The zero-order valence-corrected chi connectivity index (χ0v) is 15.3. The topological polar surface area (TPSA) is 54.0 Å². The van der Waals surface area contributed by atoms with E-state index in [0.29, 0.717) is 0 Å². The van der Waals surface area contributed by atoms with Crippen LogP contribution in [0.15, 0.2) is 0 Å². The van der Waals surface area contributed by atoms with Gasteiger partial charge in [-0.2, -0.15) is 0 Å². The van der Waals surface area contributed by atoms with Gasteiger partial charge in [0, 0.05) is 18.3 Å². The molecule has 0 amide bonds. The molecular formula is C14H30O5Si. The van der Waals surface area contributed by atoms with Crippen LogP contribution in [-0.2, 0) is 22.5 Å². The van der Waals surface area contributed by atoms with E-state index in [4.69, 9.17) is 17.7 Å². The van der Waals surface area contributed by atoms with Crippen LogP contribution in [0.3, 0.4) is 0 Å². The average Bonchev–Trinajstić information content (AvgIpc) is 2.10. The maximum Gasteiger partial charge on any atom is 0.752 e. The highest BCUT2D eigenvalue weighted by molar-refractivity contribution is 6.55. The minimum Gasteiger partial charge on any atom is -0.451 e. The lowest BCUT2D eigenvalue weighted by Gasteiger charge is -2.33. The highest BCUT2D eigenvalue weighted by atomic mass is 28.4. The Kier molecular flexibility index (Phi) is 7.38. The van der Waals surface area contributed by atoms with E-state index in [2.05, 4.69) is 0 Å². The summed E-state index contributed by atoms with van der Waals surface area (Å²) in [7, 11) is -3.51. The van der Waals surface area contributed by atoms with Gasteiger partial charge >= 0.3 is 15.0 Å². The minimum atomic E-state index is -3.51. The molecule has 0 radical (unpaired) electrons. The van der Waals surface area contributed by atoms with Gasteiger partial charge in [-0.15, -0.1) is 0 Å². The summed E-state index contributed by atoms with van der Waals surface area (Å²) in [5.41, 5.74) is -0.640. The van der Waals surface area contributed by atoms with E-state index in [1.165, 1.54) is 0 Å². The summed E-state index contributed by atoms with van der Waals surface area (Å²) in [5.74, 6) is -0.383. The van der Waals surface area contributed by atoms with E-state index in [0.717, 1.165) is 0 Å². The predicted molar refractivity (Wildman–Crippen MR) is 80.0 cm³/mol. The van der Waals surface area contributed by atoms with Crippen molar-refractivity contribution in [2.45, 2.75) is 80.6 Å². The smallest absolute Gasteiger partial charge is 0.451 e. The van der Waals surface area contributed by atoms with E-state index in [1.807, 2.05) is 41.5 Å². The Labute approximate surface area is 124 Å². The molecule has 0 aliphatic heterocycles. The second-order valence-electron chi connectivity index (χ2n) is 6.64. The van der Waals surface area contributed by atoms with Gasteiger partial charge in [-0.25, -0.2) is 0 Å². The first kappa shape index (κ1) is 19.6. The van der Waals surface area contributed by atoms with E-state index in [1.54, 1.807) is 20.8 Å². The fourth-order valence-corrected chi connectivity index (χ4v) is 3.86. The summed E-state index contributed by atoms with van der Waals surface area (Å²) in [6.07, 6.45) is -0.481. The van der Waals surface area contributed by atoms with Crippen molar-refractivity contribution in [3.63, 3.8) is 0 Å². The highest BCUT2D eigenvalue weighted by Crippen LogP contribution is 2.24.